The van der Waals surface area contributed by atoms with E-state index in [0.29, 0.717) is 11.8 Å². The van der Waals surface area contributed by atoms with Crippen LogP contribution in [0.1, 0.15) is 25.3 Å². The molecule has 1 fully saturated rings. The summed E-state index contributed by atoms with van der Waals surface area (Å²) < 4.78 is 10.1. The molecular weight excluding hydrogens is 342 g/mol. The van der Waals surface area contributed by atoms with Crippen molar-refractivity contribution in [2.75, 3.05) is 13.7 Å². The minimum atomic E-state index is -0.595. The third-order valence-electron chi connectivity index (χ3n) is 3.08. The highest BCUT2D eigenvalue weighted by atomic mass is 32.2. The van der Waals surface area contributed by atoms with Gasteiger partial charge in [-0.25, -0.2) is 4.79 Å². The number of amidine groups is 1. The van der Waals surface area contributed by atoms with Crippen LogP contribution >= 0.6 is 11.8 Å². The van der Waals surface area contributed by atoms with Crippen LogP contribution in [0.4, 0.5) is 0 Å². The van der Waals surface area contributed by atoms with E-state index < -0.39 is 11.9 Å². The molecule has 1 aromatic carbocycles. The summed E-state index contributed by atoms with van der Waals surface area (Å²) in [4.78, 5) is 23.1. The average molecular weight is 361 g/mol. The van der Waals surface area contributed by atoms with Crippen molar-refractivity contribution in [1.29, 1.82) is 0 Å². The molecule has 1 heterocycles. The number of ether oxygens (including phenoxy) is 2. The summed E-state index contributed by atoms with van der Waals surface area (Å²) in [6, 6.07) is 7.50. The van der Waals surface area contributed by atoms with Crippen LogP contribution < -0.4 is 10.1 Å². The fraction of sp³-hybridized carbons (Fsp3) is 0.294. The van der Waals surface area contributed by atoms with E-state index in [1.807, 2.05) is 24.3 Å². The van der Waals surface area contributed by atoms with Gasteiger partial charge in [0, 0.05) is 6.08 Å². The van der Waals surface area contributed by atoms with Gasteiger partial charge in [0.05, 0.1) is 24.8 Å². The lowest BCUT2D eigenvalue weighted by atomic mass is 10.2. The largest absolute Gasteiger partial charge is 0.494 e. The smallest absolute Gasteiger partial charge is 0.331 e. The maximum Gasteiger partial charge on any atom is 0.331 e. The molecule has 1 N–H and O–H groups in total. The number of nitrogens with zero attached hydrogens (tertiary/aromatic N) is 2. The molecule has 1 aliphatic heterocycles. The van der Waals surface area contributed by atoms with Gasteiger partial charge in [0.1, 0.15) is 5.75 Å². The monoisotopic (exact) mass is 361 g/mol. The predicted octanol–water partition coefficient (Wildman–Crippen LogP) is 2.48. The third-order valence-corrected chi connectivity index (χ3v) is 3.98. The Kier molecular flexibility index (Phi) is 7.21. The minimum absolute atomic E-state index is 0.215. The number of hydrogen-bond acceptors (Lipinski definition) is 7. The molecule has 7 nitrogen and oxygen atoms in total. The molecular formula is C17H19N3O4S. The van der Waals surface area contributed by atoms with E-state index in [1.165, 1.54) is 7.11 Å². The van der Waals surface area contributed by atoms with Crippen molar-refractivity contribution in [2.24, 2.45) is 10.2 Å². The number of methoxy groups -OCH3 is 1. The Bertz CT molecular complexity index is 728. The van der Waals surface area contributed by atoms with E-state index in [4.69, 9.17) is 4.74 Å². The van der Waals surface area contributed by atoms with Gasteiger partial charge in [-0.3, -0.25) is 10.1 Å². The van der Waals surface area contributed by atoms with Crippen molar-refractivity contribution in [3.63, 3.8) is 0 Å². The quantitative estimate of drug-likeness (QED) is 0.265. The first-order valence-electron chi connectivity index (χ1n) is 7.75. The molecule has 0 saturated carbocycles. The highest BCUT2D eigenvalue weighted by Crippen LogP contribution is 2.23. The fourth-order valence-electron chi connectivity index (χ4n) is 1.81. The molecule has 2 rings (SSSR count). The molecule has 0 unspecified atom stereocenters. The summed E-state index contributed by atoms with van der Waals surface area (Å²) in [5, 5.41) is 10.7. The molecule has 1 aliphatic rings. The van der Waals surface area contributed by atoms with Crippen LogP contribution in [0.2, 0.25) is 0 Å². The van der Waals surface area contributed by atoms with Crippen LogP contribution in [0.3, 0.4) is 0 Å². The molecule has 25 heavy (non-hydrogen) atoms. The molecule has 0 spiro atoms. The molecule has 1 saturated heterocycles. The van der Waals surface area contributed by atoms with Crippen LogP contribution in [-0.2, 0) is 14.3 Å². The van der Waals surface area contributed by atoms with Crippen molar-refractivity contribution in [1.82, 2.24) is 5.32 Å². The minimum Gasteiger partial charge on any atom is -0.494 e. The molecule has 0 atom stereocenters. The van der Waals surface area contributed by atoms with Crippen LogP contribution in [0.5, 0.6) is 5.75 Å². The van der Waals surface area contributed by atoms with E-state index >= 15 is 0 Å². The summed E-state index contributed by atoms with van der Waals surface area (Å²) in [5.74, 6) is -0.227. The molecule has 0 aliphatic carbocycles. The number of esters is 1. The first kappa shape index (κ1) is 18.7. The summed E-state index contributed by atoms with van der Waals surface area (Å²) in [5.41, 5.74) is 0.831. The molecule has 0 aromatic heterocycles. The standard InChI is InChI=1S/C17H19N3O4S/c1-3-4-8-24-13-7-5-6-12(9-13)11-18-20-17-19-16(22)14(25-17)10-15(21)23-2/h5-7,9-11H,3-4,8H2,1-2H3,(H,19,20,22)/b14-10+,18-11?. The van der Waals surface area contributed by atoms with Crippen LogP contribution in [-0.4, -0.2) is 37.0 Å². The van der Waals surface area contributed by atoms with E-state index in [9.17, 15) is 9.59 Å². The lowest BCUT2D eigenvalue weighted by Gasteiger charge is -2.05. The van der Waals surface area contributed by atoms with E-state index in [0.717, 1.165) is 42.0 Å². The zero-order valence-electron chi connectivity index (χ0n) is 14.0. The van der Waals surface area contributed by atoms with Gasteiger partial charge in [-0.15, -0.1) is 5.10 Å². The lowest BCUT2D eigenvalue weighted by Crippen LogP contribution is -2.19. The van der Waals surface area contributed by atoms with Crippen molar-refractivity contribution in [2.45, 2.75) is 19.8 Å². The Balaban J connectivity index is 1.97. The molecule has 8 heteroatoms. The number of nitrogens with one attached hydrogen (secondary N) is 1. The number of amides is 1. The van der Waals surface area contributed by atoms with E-state index in [1.54, 1.807) is 6.21 Å². The lowest BCUT2D eigenvalue weighted by molar-refractivity contribution is -0.135. The molecule has 132 valence electrons. The summed E-state index contributed by atoms with van der Waals surface area (Å²) in [7, 11) is 1.25. The Morgan fingerprint density at radius 3 is 3.00 bits per heavy atom. The number of benzene rings is 1. The summed E-state index contributed by atoms with van der Waals surface area (Å²) in [6.07, 6.45) is 4.76. The Labute approximate surface area is 150 Å². The zero-order valence-corrected chi connectivity index (χ0v) is 14.8. The van der Waals surface area contributed by atoms with Gasteiger partial charge in [-0.2, -0.15) is 5.10 Å². The fourth-order valence-corrected chi connectivity index (χ4v) is 2.55. The van der Waals surface area contributed by atoms with Gasteiger partial charge >= 0.3 is 5.97 Å². The molecule has 1 aromatic rings. The second kappa shape index (κ2) is 9.63. The number of carbonyl (C=O) groups excluding carboxylic acids is 2. The maximum absolute atomic E-state index is 11.7. The van der Waals surface area contributed by atoms with Gasteiger partial charge < -0.3 is 9.47 Å². The Morgan fingerprint density at radius 2 is 2.24 bits per heavy atom. The second-order valence-electron chi connectivity index (χ2n) is 5.01. The van der Waals surface area contributed by atoms with Crippen molar-refractivity contribution >= 4 is 35.0 Å². The Morgan fingerprint density at radius 1 is 1.40 bits per heavy atom. The van der Waals surface area contributed by atoms with Gasteiger partial charge in [0.2, 0.25) is 0 Å². The number of thioether (sulfide) groups is 1. The maximum atomic E-state index is 11.7. The molecule has 1 amide bonds. The van der Waals surface area contributed by atoms with E-state index in [-0.39, 0.29) is 4.91 Å². The van der Waals surface area contributed by atoms with Gasteiger partial charge in [-0.1, -0.05) is 25.5 Å². The summed E-state index contributed by atoms with van der Waals surface area (Å²) >= 11 is 1.03. The SMILES string of the molecule is CCCCOc1cccc(C=N/N=C2/NC(=O)/C(=C\C(=O)OC)S2)c1. The van der Waals surface area contributed by atoms with Crippen LogP contribution in [0.15, 0.2) is 45.4 Å². The first-order chi connectivity index (χ1) is 12.1. The van der Waals surface area contributed by atoms with Gasteiger partial charge in [-0.05, 0) is 35.9 Å². The number of rotatable bonds is 7. The van der Waals surface area contributed by atoms with Crippen LogP contribution in [0, 0.1) is 0 Å². The van der Waals surface area contributed by atoms with Gasteiger partial charge in [0.25, 0.3) is 5.91 Å². The Hall–Kier alpha value is -2.61. The second-order valence-corrected chi connectivity index (χ2v) is 6.04. The topological polar surface area (TPSA) is 89.4 Å². The highest BCUT2D eigenvalue weighted by Gasteiger charge is 2.24. The first-order valence-corrected chi connectivity index (χ1v) is 8.56. The third kappa shape index (κ3) is 6.07. The number of unbranched alkanes of at least 4 members (excludes halogenated alkanes) is 1. The molecule has 0 radical (unpaired) electrons. The van der Waals surface area contributed by atoms with Crippen LogP contribution in [0.25, 0.3) is 0 Å². The van der Waals surface area contributed by atoms with Crippen molar-refractivity contribution in [3.8, 4) is 5.75 Å². The average Bonchev–Trinajstić information content (AvgIpc) is 2.95. The zero-order chi connectivity index (χ0) is 18.1. The summed E-state index contributed by atoms with van der Waals surface area (Å²) in [6.45, 7) is 2.79. The number of hydrogen-bond donors (Lipinski definition) is 1. The predicted molar refractivity (Wildman–Crippen MR) is 97.7 cm³/mol. The normalized spacial score (nSPS) is 17.3. The molecule has 0 bridgehead atoms. The van der Waals surface area contributed by atoms with Crippen molar-refractivity contribution < 1.29 is 19.1 Å². The highest BCUT2D eigenvalue weighted by molar-refractivity contribution is 8.18. The van der Waals surface area contributed by atoms with Crippen molar-refractivity contribution in [3.05, 3.63) is 40.8 Å². The van der Waals surface area contributed by atoms with E-state index in [2.05, 4.69) is 27.2 Å². The van der Waals surface area contributed by atoms with Gasteiger partial charge in [0.15, 0.2) is 5.17 Å². The number of carbonyl (C=O) groups is 2.